The molecule has 1 aliphatic carbocycles. The number of nitrogens with zero attached hydrogens (tertiary/aromatic N) is 3. The Hall–Kier alpha value is -10.7. The highest BCUT2D eigenvalue weighted by molar-refractivity contribution is 6.14. The SMILES string of the molecule is OCCc1cccc(-c2cccc(-c3cccc(-c4ccc5c(c4)c4c(n5-c5ccccc5)CCC(c5ccc6oc7ccc(-n8c9ccccc9c9cc(-n%10c%11ccccc%11c%11cc(-c%12ccccc%12)ccc%11%10)ccc98)cc7c6c5)=C4)c3)c2)c1. The number of benzene rings is 12. The van der Waals surface area contributed by atoms with E-state index in [9.17, 15) is 5.11 Å². The lowest BCUT2D eigenvalue weighted by Gasteiger charge is -2.18. The van der Waals surface area contributed by atoms with Gasteiger partial charge in [-0.2, -0.15) is 0 Å². The molecule has 17 rings (SSSR count). The molecule has 0 bridgehead atoms. The summed E-state index contributed by atoms with van der Waals surface area (Å²) in [6.07, 6.45) is 4.93. The summed E-state index contributed by atoms with van der Waals surface area (Å²) in [7, 11) is 0. The van der Waals surface area contributed by atoms with Gasteiger partial charge >= 0.3 is 0 Å². The Bertz CT molecular complexity index is 5380. The predicted octanol–water partition coefficient (Wildman–Crippen LogP) is 20.4. The van der Waals surface area contributed by atoms with Crippen molar-refractivity contribution in [3.8, 4) is 61.6 Å². The minimum absolute atomic E-state index is 0.139. The van der Waals surface area contributed by atoms with E-state index < -0.39 is 0 Å². The number of fused-ring (bicyclic) bond motifs is 12. The molecule has 0 aliphatic heterocycles. The monoisotopic (exact) mass is 1090 g/mol. The van der Waals surface area contributed by atoms with Gasteiger partial charge in [-0.05, 0) is 196 Å². The summed E-state index contributed by atoms with van der Waals surface area (Å²) in [5.41, 5.74) is 26.8. The van der Waals surface area contributed by atoms with Crippen molar-refractivity contribution in [3.63, 3.8) is 0 Å². The Kier molecular flexibility index (Phi) is 11.4. The first-order valence-electron chi connectivity index (χ1n) is 29.5. The Morgan fingerprint density at radius 3 is 1.44 bits per heavy atom. The van der Waals surface area contributed by atoms with Gasteiger partial charge in [-0.15, -0.1) is 0 Å². The fourth-order valence-electron chi connectivity index (χ4n) is 13.9. The lowest BCUT2D eigenvalue weighted by atomic mass is 9.90. The predicted molar refractivity (Wildman–Crippen MR) is 354 cm³/mol. The average molecular weight is 1090 g/mol. The minimum Gasteiger partial charge on any atom is -0.456 e. The zero-order chi connectivity index (χ0) is 56.1. The van der Waals surface area contributed by atoms with Crippen molar-refractivity contribution in [2.24, 2.45) is 0 Å². The van der Waals surface area contributed by atoms with Crippen LogP contribution in [0.3, 0.4) is 0 Å². The smallest absolute Gasteiger partial charge is 0.135 e. The number of aromatic nitrogens is 3. The third kappa shape index (κ3) is 8.11. The maximum atomic E-state index is 9.61. The largest absolute Gasteiger partial charge is 0.456 e. The fraction of sp³-hybridized carbons (Fsp3) is 0.0500. The van der Waals surface area contributed by atoms with Crippen LogP contribution in [0.25, 0.3) is 150 Å². The molecule has 0 radical (unpaired) electrons. The van der Waals surface area contributed by atoms with Crippen molar-refractivity contribution >= 4 is 88.1 Å². The van der Waals surface area contributed by atoms with Crippen LogP contribution in [0, 0.1) is 0 Å². The molecule has 0 saturated heterocycles. The third-order valence-electron chi connectivity index (χ3n) is 17.9. The molecule has 0 unspecified atom stereocenters. The number of rotatable bonds is 10. The molecule has 0 spiro atoms. The molecule has 1 N–H and O–H groups in total. The quantitative estimate of drug-likeness (QED) is 0.148. The van der Waals surface area contributed by atoms with E-state index in [2.05, 4.69) is 293 Å². The van der Waals surface area contributed by atoms with Crippen LogP contribution in [0.1, 0.15) is 28.8 Å². The zero-order valence-electron chi connectivity index (χ0n) is 46.6. The zero-order valence-corrected chi connectivity index (χ0v) is 46.6. The molecular formula is C80H55N3O2. The summed E-state index contributed by atoms with van der Waals surface area (Å²) >= 11 is 0. The van der Waals surface area contributed by atoms with Crippen molar-refractivity contribution in [1.29, 1.82) is 0 Å². The van der Waals surface area contributed by atoms with E-state index in [1.165, 1.54) is 105 Å². The highest BCUT2D eigenvalue weighted by atomic mass is 16.3. The molecule has 4 aromatic heterocycles. The summed E-state index contributed by atoms with van der Waals surface area (Å²) in [6.45, 7) is 0.139. The van der Waals surface area contributed by atoms with E-state index in [0.717, 1.165) is 73.9 Å². The molecule has 402 valence electrons. The van der Waals surface area contributed by atoms with Crippen molar-refractivity contribution in [3.05, 3.63) is 295 Å². The molecule has 0 atom stereocenters. The van der Waals surface area contributed by atoms with Crippen molar-refractivity contribution in [1.82, 2.24) is 13.7 Å². The summed E-state index contributed by atoms with van der Waals surface area (Å²) < 4.78 is 14.0. The molecule has 5 heteroatoms. The molecule has 12 aromatic carbocycles. The Labute approximate surface area is 491 Å². The molecule has 4 heterocycles. The first-order valence-corrected chi connectivity index (χ1v) is 29.5. The lowest BCUT2D eigenvalue weighted by Crippen LogP contribution is -2.05. The number of aliphatic hydroxyl groups excluding tert-OH is 1. The van der Waals surface area contributed by atoms with E-state index in [4.69, 9.17) is 4.42 Å². The van der Waals surface area contributed by atoms with Crippen molar-refractivity contribution in [2.45, 2.75) is 19.3 Å². The second-order valence-electron chi connectivity index (χ2n) is 22.8. The second kappa shape index (κ2) is 19.7. The van der Waals surface area contributed by atoms with Gasteiger partial charge in [0.1, 0.15) is 11.2 Å². The number of hydrogen-bond acceptors (Lipinski definition) is 2. The van der Waals surface area contributed by atoms with E-state index in [-0.39, 0.29) is 6.61 Å². The van der Waals surface area contributed by atoms with Crippen molar-refractivity contribution < 1.29 is 9.52 Å². The van der Waals surface area contributed by atoms with Crippen LogP contribution in [-0.4, -0.2) is 25.4 Å². The van der Waals surface area contributed by atoms with Gasteiger partial charge in [0.25, 0.3) is 0 Å². The summed E-state index contributed by atoms with van der Waals surface area (Å²) in [5, 5.41) is 18.0. The maximum Gasteiger partial charge on any atom is 0.135 e. The molecule has 5 nitrogen and oxygen atoms in total. The molecule has 0 amide bonds. The topological polar surface area (TPSA) is 48.2 Å². The van der Waals surface area contributed by atoms with E-state index in [1.54, 1.807) is 0 Å². The number of allylic oxidation sites excluding steroid dienone is 1. The molecule has 85 heavy (non-hydrogen) atoms. The summed E-state index contributed by atoms with van der Waals surface area (Å²) in [5.74, 6) is 0. The van der Waals surface area contributed by atoms with Crippen LogP contribution in [0.15, 0.2) is 277 Å². The van der Waals surface area contributed by atoms with E-state index in [1.807, 2.05) is 0 Å². The van der Waals surface area contributed by atoms with Crippen LogP contribution in [0.5, 0.6) is 0 Å². The van der Waals surface area contributed by atoms with Crippen LogP contribution in [-0.2, 0) is 12.8 Å². The van der Waals surface area contributed by atoms with Gasteiger partial charge < -0.3 is 23.2 Å². The highest BCUT2D eigenvalue weighted by Crippen LogP contribution is 2.44. The first-order chi connectivity index (χ1) is 42.1. The summed E-state index contributed by atoms with van der Waals surface area (Å²) in [6, 6.07) is 99.7. The fourth-order valence-corrected chi connectivity index (χ4v) is 13.9. The molecule has 16 aromatic rings. The van der Waals surface area contributed by atoms with Gasteiger partial charge in [-0.25, -0.2) is 0 Å². The Morgan fingerprint density at radius 1 is 0.306 bits per heavy atom. The molecular weight excluding hydrogens is 1030 g/mol. The van der Waals surface area contributed by atoms with Gasteiger partial charge in [0.2, 0.25) is 0 Å². The van der Waals surface area contributed by atoms with E-state index in [0.29, 0.717) is 6.42 Å². The number of furan rings is 1. The van der Waals surface area contributed by atoms with E-state index >= 15 is 0 Å². The average Bonchev–Trinajstić information content (AvgIpc) is 2.52. The van der Waals surface area contributed by atoms with Gasteiger partial charge in [0.15, 0.2) is 0 Å². The Morgan fingerprint density at radius 2 is 0.765 bits per heavy atom. The summed E-state index contributed by atoms with van der Waals surface area (Å²) in [4.78, 5) is 0. The van der Waals surface area contributed by atoms with Crippen LogP contribution in [0.4, 0.5) is 0 Å². The number of aliphatic hydroxyl groups is 1. The number of para-hydroxylation sites is 3. The van der Waals surface area contributed by atoms with Crippen molar-refractivity contribution in [2.75, 3.05) is 6.61 Å². The maximum absolute atomic E-state index is 9.61. The van der Waals surface area contributed by atoms with Gasteiger partial charge in [-0.1, -0.05) is 164 Å². The number of hydrogen-bond donors (Lipinski definition) is 1. The Balaban J connectivity index is 0.748. The third-order valence-corrected chi connectivity index (χ3v) is 17.9. The van der Waals surface area contributed by atoms with Gasteiger partial charge in [0.05, 0.1) is 27.6 Å². The molecule has 0 fully saturated rings. The van der Waals surface area contributed by atoms with Gasteiger partial charge in [-0.3, -0.25) is 0 Å². The second-order valence-corrected chi connectivity index (χ2v) is 22.8. The standard InChI is InChI=1S/C80H55N3O2/c84-41-40-51-14-11-17-53(42-51)54-18-12-19-55(43-54)56-20-13-21-57(44-56)59-29-35-76-68(46-59)69-47-60(30-36-77(69)81(76)62-22-5-2-6-23-62)61-31-38-79-71(48-61)72-50-64(33-39-80(72)85-79)83-74-27-10-8-25-66(74)70-49-63(32-37-78(70)83)82-73-26-9-7-24-65(73)67-45-58(28-34-75(67)82)52-15-3-1-4-16-52/h1-29,31-35,37-39,42-50,84H,30,36,40-41H2. The molecule has 1 aliphatic rings. The first kappa shape index (κ1) is 48.9. The highest BCUT2D eigenvalue weighted by Gasteiger charge is 2.24. The normalized spacial score (nSPS) is 12.6. The minimum atomic E-state index is 0.139. The molecule has 0 saturated carbocycles. The van der Waals surface area contributed by atoms with Gasteiger partial charge in [0, 0.05) is 72.6 Å². The van der Waals surface area contributed by atoms with Crippen LogP contribution in [0.2, 0.25) is 0 Å². The van der Waals surface area contributed by atoms with Crippen LogP contribution < -0.4 is 0 Å². The van der Waals surface area contributed by atoms with Crippen LogP contribution >= 0.6 is 0 Å². The lowest BCUT2D eigenvalue weighted by molar-refractivity contribution is 0.299.